The highest BCUT2D eigenvalue weighted by Gasteiger charge is 2.22. The van der Waals surface area contributed by atoms with E-state index >= 15 is 0 Å². The van der Waals surface area contributed by atoms with Gasteiger partial charge >= 0.3 is 0 Å². The van der Waals surface area contributed by atoms with Crippen LogP contribution >= 0.6 is 11.8 Å². The standard InChI is InChI=1S/C20H21N5O3S/c1-4-11-25-17(16-10-12-28-13(16)2)21-24-20(25)29-14(3)18(26)22-23-19(27)15-8-6-5-7-9-15/h4-10,12,14H,1,11H2,2-3H3,(H,22,26)(H,23,27)/t14-/m1/s1. The van der Waals surface area contributed by atoms with Crippen molar-refractivity contribution in [2.75, 3.05) is 0 Å². The van der Waals surface area contributed by atoms with Gasteiger partial charge in [0.1, 0.15) is 5.76 Å². The fraction of sp³-hybridized carbons (Fsp3) is 0.200. The third-order valence-electron chi connectivity index (χ3n) is 4.11. The van der Waals surface area contributed by atoms with Crippen LogP contribution in [0, 0.1) is 6.92 Å². The average molecular weight is 411 g/mol. The molecule has 0 aliphatic heterocycles. The quantitative estimate of drug-likeness (QED) is 0.352. The first kappa shape index (κ1) is 20.4. The summed E-state index contributed by atoms with van der Waals surface area (Å²) in [4.78, 5) is 24.5. The van der Waals surface area contributed by atoms with Crippen LogP contribution in [0.15, 0.2) is 64.9 Å². The zero-order valence-corrected chi connectivity index (χ0v) is 16.9. The summed E-state index contributed by atoms with van der Waals surface area (Å²) in [6.07, 6.45) is 3.33. The molecule has 0 fully saturated rings. The van der Waals surface area contributed by atoms with Crippen LogP contribution in [-0.2, 0) is 11.3 Å². The fourth-order valence-corrected chi connectivity index (χ4v) is 3.44. The molecule has 0 aliphatic rings. The van der Waals surface area contributed by atoms with Gasteiger partial charge < -0.3 is 4.42 Å². The Labute approximate surface area is 172 Å². The SMILES string of the molecule is C=CCn1c(S[C@H](C)C(=O)NNC(=O)c2ccccc2)nnc1-c1ccoc1C. The number of nitrogens with zero attached hydrogens (tertiary/aromatic N) is 3. The molecule has 0 bridgehead atoms. The smallest absolute Gasteiger partial charge is 0.269 e. The van der Waals surface area contributed by atoms with Crippen molar-refractivity contribution >= 4 is 23.6 Å². The number of benzene rings is 1. The highest BCUT2D eigenvalue weighted by atomic mass is 32.2. The Morgan fingerprint density at radius 3 is 2.66 bits per heavy atom. The van der Waals surface area contributed by atoms with E-state index in [-0.39, 0.29) is 11.8 Å². The Bertz CT molecular complexity index is 1010. The van der Waals surface area contributed by atoms with Crippen LogP contribution in [0.25, 0.3) is 11.4 Å². The molecule has 0 aliphatic carbocycles. The van der Waals surface area contributed by atoms with Crippen LogP contribution in [-0.4, -0.2) is 31.8 Å². The minimum Gasteiger partial charge on any atom is -0.469 e. The molecule has 1 atom stereocenters. The Morgan fingerprint density at radius 1 is 1.24 bits per heavy atom. The van der Waals surface area contributed by atoms with Crippen molar-refractivity contribution in [2.24, 2.45) is 0 Å². The van der Waals surface area contributed by atoms with Crippen LogP contribution < -0.4 is 10.9 Å². The van der Waals surface area contributed by atoms with Gasteiger partial charge in [0.2, 0.25) is 0 Å². The first-order valence-corrected chi connectivity index (χ1v) is 9.79. The summed E-state index contributed by atoms with van der Waals surface area (Å²) in [5, 5.41) is 8.51. The third-order valence-corrected chi connectivity index (χ3v) is 5.20. The molecule has 0 unspecified atom stereocenters. The van der Waals surface area contributed by atoms with Gasteiger partial charge in [0.15, 0.2) is 11.0 Å². The second-order valence-electron chi connectivity index (χ2n) is 6.17. The van der Waals surface area contributed by atoms with Crippen molar-refractivity contribution in [3.05, 3.63) is 66.6 Å². The van der Waals surface area contributed by atoms with E-state index in [0.717, 1.165) is 11.3 Å². The fourth-order valence-electron chi connectivity index (χ4n) is 2.58. The normalized spacial score (nSPS) is 11.7. The van der Waals surface area contributed by atoms with E-state index < -0.39 is 5.25 Å². The Hall–Kier alpha value is -3.33. The summed E-state index contributed by atoms with van der Waals surface area (Å²) in [5.41, 5.74) is 6.15. The largest absolute Gasteiger partial charge is 0.469 e. The van der Waals surface area contributed by atoms with Gasteiger partial charge in [-0.15, -0.1) is 16.8 Å². The number of amides is 2. The molecule has 0 saturated carbocycles. The van der Waals surface area contributed by atoms with Crippen molar-refractivity contribution < 1.29 is 14.0 Å². The van der Waals surface area contributed by atoms with Crippen molar-refractivity contribution in [2.45, 2.75) is 30.8 Å². The minimum absolute atomic E-state index is 0.353. The van der Waals surface area contributed by atoms with Gasteiger partial charge in [0.25, 0.3) is 11.8 Å². The van der Waals surface area contributed by atoms with Crippen LogP contribution in [0.1, 0.15) is 23.0 Å². The number of thioether (sulfide) groups is 1. The highest BCUT2D eigenvalue weighted by Crippen LogP contribution is 2.29. The second-order valence-corrected chi connectivity index (χ2v) is 7.47. The molecule has 2 aromatic heterocycles. The Kier molecular flexibility index (Phi) is 6.50. The van der Waals surface area contributed by atoms with E-state index in [1.807, 2.05) is 23.6 Å². The van der Waals surface area contributed by atoms with Gasteiger partial charge in [-0.2, -0.15) is 0 Å². The number of furan rings is 1. The number of hydrogen-bond acceptors (Lipinski definition) is 6. The zero-order chi connectivity index (χ0) is 20.8. The third kappa shape index (κ3) is 4.75. The summed E-state index contributed by atoms with van der Waals surface area (Å²) in [5.74, 6) is 0.634. The Morgan fingerprint density at radius 2 is 2.00 bits per heavy atom. The van der Waals surface area contributed by atoms with Crippen LogP contribution in [0.2, 0.25) is 0 Å². The van der Waals surface area contributed by atoms with Crippen molar-refractivity contribution in [1.82, 2.24) is 25.6 Å². The first-order valence-electron chi connectivity index (χ1n) is 8.91. The molecule has 0 spiro atoms. The van der Waals surface area contributed by atoms with Gasteiger partial charge in [-0.25, -0.2) is 0 Å². The molecular formula is C20H21N5O3S. The maximum Gasteiger partial charge on any atom is 0.269 e. The average Bonchev–Trinajstić information content (AvgIpc) is 3.32. The van der Waals surface area contributed by atoms with Crippen molar-refractivity contribution in [3.8, 4) is 11.4 Å². The molecule has 29 heavy (non-hydrogen) atoms. The first-order chi connectivity index (χ1) is 14.0. The van der Waals surface area contributed by atoms with E-state index in [0.29, 0.717) is 23.1 Å². The van der Waals surface area contributed by atoms with E-state index in [9.17, 15) is 9.59 Å². The van der Waals surface area contributed by atoms with Crippen LogP contribution in [0.3, 0.4) is 0 Å². The maximum atomic E-state index is 12.4. The molecule has 2 N–H and O–H groups in total. The van der Waals surface area contributed by atoms with Crippen LogP contribution in [0.4, 0.5) is 0 Å². The Balaban J connectivity index is 1.67. The topological polar surface area (TPSA) is 102 Å². The van der Waals surface area contributed by atoms with Crippen molar-refractivity contribution in [3.63, 3.8) is 0 Å². The molecule has 2 heterocycles. The van der Waals surface area contributed by atoms with E-state index in [2.05, 4.69) is 27.6 Å². The number of aryl methyl sites for hydroxylation is 1. The lowest BCUT2D eigenvalue weighted by Crippen LogP contribution is -2.44. The lowest BCUT2D eigenvalue weighted by molar-refractivity contribution is -0.121. The molecule has 2 amide bonds. The number of allylic oxidation sites excluding steroid dienone is 1. The molecular weight excluding hydrogens is 390 g/mol. The lowest BCUT2D eigenvalue weighted by Gasteiger charge is -2.13. The van der Waals surface area contributed by atoms with Gasteiger partial charge in [-0.1, -0.05) is 36.0 Å². The number of aromatic nitrogens is 3. The summed E-state index contributed by atoms with van der Waals surface area (Å²) >= 11 is 1.24. The van der Waals surface area contributed by atoms with Gasteiger partial charge in [0.05, 0.1) is 17.1 Å². The lowest BCUT2D eigenvalue weighted by atomic mass is 10.2. The number of carbonyl (C=O) groups excluding carboxylic acids is 2. The molecule has 150 valence electrons. The van der Waals surface area contributed by atoms with Gasteiger partial charge in [-0.05, 0) is 32.0 Å². The number of carbonyl (C=O) groups is 2. The minimum atomic E-state index is -0.517. The number of nitrogens with one attached hydrogen (secondary N) is 2. The molecule has 3 rings (SSSR count). The molecule has 3 aromatic rings. The van der Waals surface area contributed by atoms with Gasteiger partial charge in [-0.3, -0.25) is 25.0 Å². The number of rotatable bonds is 7. The molecule has 0 radical (unpaired) electrons. The zero-order valence-electron chi connectivity index (χ0n) is 16.1. The summed E-state index contributed by atoms with van der Waals surface area (Å²) < 4.78 is 7.22. The predicted octanol–water partition coefficient (Wildman–Crippen LogP) is 2.97. The highest BCUT2D eigenvalue weighted by molar-refractivity contribution is 8.00. The van der Waals surface area contributed by atoms with E-state index in [1.54, 1.807) is 43.5 Å². The maximum absolute atomic E-state index is 12.4. The second kappa shape index (κ2) is 9.24. The number of hydrazine groups is 1. The van der Waals surface area contributed by atoms with E-state index in [4.69, 9.17) is 4.42 Å². The van der Waals surface area contributed by atoms with E-state index in [1.165, 1.54) is 11.8 Å². The van der Waals surface area contributed by atoms with Crippen molar-refractivity contribution in [1.29, 1.82) is 0 Å². The molecule has 8 nitrogen and oxygen atoms in total. The van der Waals surface area contributed by atoms with Crippen LogP contribution in [0.5, 0.6) is 0 Å². The molecule has 9 heteroatoms. The van der Waals surface area contributed by atoms with Gasteiger partial charge in [0, 0.05) is 12.1 Å². The number of hydrogen-bond donors (Lipinski definition) is 2. The summed E-state index contributed by atoms with van der Waals surface area (Å²) in [6.45, 7) is 7.83. The summed E-state index contributed by atoms with van der Waals surface area (Å²) in [7, 11) is 0. The monoisotopic (exact) mass is 411 g/mol. The summed E-state index contributed by atoms with van der Waals surface area (Å²) in [6, 6.07) is 10.5. The predicted molar refractivity (Wildman–Crippen MR) is 110 cm³/mol. The molecule has 1 aromatic carbocycles. The molecule has 0 saturated heterocycles.